The maximum absolute atomic E-state index is 15.4. The molecule has 5 rings (SSSR count). The monoisotopic (exact) mass is 537 g/mol. The topological polar surface area (TPSA) is 117 Å². The van der Waals surface area contributed by atoms with Crippen LogP contribution in [0.25, 0.3) is 11.0 Å². The summed E-state index contributed by atoms with van der Waals surface area (Å²) in [7, 11) is -5.23. The predicted molar refractivity (Wildman–Crippen MR) is 122 cm³/mol. The zero-order chi connectivity index (χ0) is 26.5. The molecule has 0 spiro atoms. The lowest BCUT2D eigenvalue weighted by Gasteiger charge is -2.13. The van der Waals surface area contributed by atoms with Crippen LogP contribution in [0, 0.1) is 35.0 Å². The van der Waals surface area contributed by atoms with Gasteiger partial charge in [-0.1, -0.05) is 0 Å². The molecule has 0 radical (unpaired) electrons. The number of ketones is 1. The van der Waals surface area contributed by atoms with Crippen molar-refractivity contribution >= 4 is 38.3 Å². The Balaban J connectivity index is 1.55. The van der Waals surface area contributed by atoms with Crippen LogP contribution in [0.4, 0.5) is 33.5 Å². The number of carbonyl (C=O) groups excluding carboxylic acids is 1. The summed E-state index contributed by atoms with van der Waals surface area (Å²) < 4.78 is 98.4. The van der Waals surface area contributed by atoms with Crippen LogP contribution in [0.15, 0.2) is 41.7 Å². The number of hydrogen-bond donors (Lipinski definition) is 3. The van der Waals surface area contributed by atoms with Crippen LogP contribution in [-0.2, 0) is 10.0 Å². The molecule has 3 N–H and O–H groups in total. The van der Waals surface area contributed by atoms with Crippen molar-refractivity contribution in [3.05, 3.63) is 77.0 Å². The number of fused-ring (bicyclic) bond motifs is 1. The molecular weight excluding hydrogens is 521 g/mol. The van der Waals surface area contributed by atoms with Crippen molar-refractivity contribution in [2.24, 2.45) is 5.92 Å². The number of carbonyl (C=O) groups is 1. The smallest absolute Gasteiger partial charge is 0.267 e. The fraction of sp³-hybridized carbons (Fsp3) is 0.174. The Morgan fingerprint density at radius 3 is 2.41 bits per heavy atom. The van der Waals surface area contributed by atoms with Gasteiger partial charge in [0.2, 0.25) is 5.78 Å². The van der Waals surface area contributed by atoms with Crippen LogP contribution in [0.1, 0.15) is 28.8 Å². The van der Waals surface area contributed by atoms with Crippen LogP contribution in [-0.4, -0.2) is 35.7 Å². The molecule has 2 aromatic carbocycles. The molecule has 1 fully saturated rings. The van der Waals surface area contributed by atoms with E-state index in [0.717, 1.165) is 12.8 Å². The zero-order valence-electron chi connectivity index (χ0n) is 18.6. The fourth-order valence-corrected chi connectivity index (χ4v) is 4.97. The SMILES string of the molecule is O=C(c1c(F)ccc(NS(=O)(=O)c2c(F)ccc(F)c2F)c1F)c1c[nH]c2ncnc(NCC3CC3)c12. The molecule has 1 aliphatic rings. The molecule has 37 heavy (non-hydrogen) atoms. The average Bonchev–Trinajstić information content (AvgIpc) is 3.58. The van der Waals surface area contributed by atoms with Gasteiger partial charge in [0.1, 0.15) is 29.4 Å². The third-order valence-corrected chi connectivity index (χ3v) is 7.20. The highest BCUT2D eigenvalue weighted by atomic mass is 32.2. The number of anilines is 2. The van der Waals surface area contributed by atoms with Crippen molar-refractivity contribution in [3.8, 4) is 0 Å². The van der Waals surface area contributed by atoms with Gasteiger partial charge in [0.25, 0.3) is 10.0 Å². The number of H-pyrrole nitrogens is 1. The van der Waals surface area contributed by atoms with Gasteiger partial charge in [-0.25, -0.2) is 40.3 Å². The number of sulfonamides is 1. The second-order valence-electron chi connectivity index (χ2n) is 8.36. The molecule has 2 heterocycles. The molecule has 0 saturated heterocycles. The number of benzene rings is 2. The van der Waals surface area contributed by atoms with Gasteiger partial charge in [-0.05, 0) is 43.0 Å². The fourth-order valence-electron chi connectivity index (χ4n) is 3.76. The van der Waals surface area contributed by atoms with Crippen molar-refractivity contribution in [1.82, 2.24) is 15.0 Å². The third kappa shape index (κ3) is 4.48. The van der Waals surface area contributed by atoms with Crippen LogP contribution >= 0.6 is 0 Å². The van der Waals surface area contributed by atoms with Crippen molar-refractivity contribution in [2.75, 3.05) is 16.6 Å². The first-order valence-electron chi connectivity index (χ1n) is 10.8. The maximum atomic E-state index is 15.4. The minimum absolute atomic E-state index is 0.168. The van der Waals surface area contributed by atoms with Crippen LogP contribution in [0.5, 0.6) is 0 Å². The van der Waals surface area contributed by atoms with Crippen molar-refractivity contribution in [2.45, 2.75) is 17.7 Å². The van der Waals surface area contributed by atoms with E-state index in [1.54, 1.807) is 4.72 Å². The number of nitrogens with one attached hydrogen (secondary N) is 3. The largest absolute Gasteiger partial charge is 0.369 e. The summed E-state index contributed by atoms with van der Waals surface area (Å²) in [5.41, 5.74) is -2.12. The first-order chi connectivity index (χ1) is 17.6. The summed E-state index contributed by atoms with van der Waals surface area (Å²) in [6.07, 6.45) is 4.48. The van der Waals surface area contributed by atoms with Gasteiger partial charge in [-0.2, -0.15) is 0 Å². The van der Waals surface area contributed by atoms with E-state index >= 15 is 4.39 Å². The summed E-state index contributed by atoms with van der Waals surface area (Å²) in [4.78, 5) is 22.4. The highest BCUT2D eigenvalue weighted by Crippen LogP contribution is 2.33. The molecule has 192 valence electrons. The third-order valence-electron chi connectivity index (χ3n) is 5.80. The van der Waals surface area contributed by atoms with Crippen LogP contribution < -0.4 is 10.0 Å². The number of hydrogen-bond acceptors (Lipinski definition) is 6. The molecule has 0 aliphatic heterocycles. The van der Waals surface area contributed by atoms with Crippen molar-refractivity contribution in [3.63, 3.8) is 0 Å². The second kappa shape index (κ2) is 9.10. The maximum Gasteiger partial charge on any atom is 0.267 e. The Morgan fingerprint density at radius 1 is 0.973 bits per heavy atom. The summed E-state index contributed by atoms with van der Waals surface area (Å²) in [6.45, 7) is 0.568. The van der Waals surface area contributed by atoms with Crippen LogP contribution in [0.2, 0.25) is 0 Å². The lowest BCUT2D eigenvalue weighted by atomic mass is 10.0. The van der Waals surface area contributed by atoms with E-state index in [4.69, 9.17) is 0 Å². The normalized spacial score (nSPS) is 13.6. The number of rotatable bonds is 8. The molecule has 0 unspecified atom stereocenters. The lowest BCUT2D eigenvalue weighted by molar-refractivity contribution is 0.103. The quantitative estimate of drug-likeness (QED) is 0.173. The van der Waals surface area contributed by atoms with Crippen molar-refractivity contribution < 1.29 is 35.2 Å². The number of aromatic amines is 1. The summed E-state index contributed by atoms with van der Waals surface area (Å²) in [5.74, 6) is -8.78. The Bertz CT molecular complexity index is 1670. The van der Waals surface area contributed by atoms with E-state index < -0.39 is 61.0 Å². The summed E-state index contributed by atoms with van der Waals surface area (Å²) in [6, 6.07) is 1.97. The Hall–Kier alpha value is -4.07. The van der Waals surface area contributed by atoms with Crippen molar-refractivity contribution in [1.29, 1.82) is 0 Å². The standard InChI is InChI=1S/C23H16F5N5O3S/c24-12-5-6-15(33-37(35,36)21-14(26)4-3-13(25)18(21)27)19(28)17(12)20(34)11-8-30-23-16(11)22(31-9-32-23)29-7-10-1-2-10/h3-6,8-10,33H,1-2,7H2,(H2,29,30,31,32). The van der Waals surface area contributed by atoms with Gasteiger partial charge in [0.15, 0.2) is 22.3 Å². The highest BCUT2D eigenvalue weighted by Gasteiger charge is 2.31. The zero-order valence-corrected chi connectivity index (χ0v) is 19.4. The first kappa shape index (κ1) is 24.6. The van der Waals surface area contributed by atoms with Crippen LogP contribution in [0.3, 0.4) is 0 Å². The molecular formula is C23H16F5N5O3S. The van der Waals surface area contributed by atoms with E-state index in [2.05, 4.69) is 20.3 Å². The molecule has 0 bridgehead atoms. The van der Waals surface area contributed by atoms with Gasteiger partial charge < -0.3 is 10.3 Å². The molecule has 0 amide bonds. The van der Waals surface area contributed by atoms with Gasteiger partial charge in [0, 0.05) is 12.7 Å². The number of aromatic nitrogens is 3. The average molecular weight is 537 g/mol. The molecule has 14 heteroatoms. The van der Waals surface area contributed by atoms with E-state index in [9.17, 15) is 30.8 Å². The minimum Gasteiger partial charge on any atom is -0.369 e. The second-order valence-corrected chi connectivity index (χ2v) is 9.98. The van der Waals surface area contributed by atoms with E-state index in [1.807, 2.05) is 0 Å². The van der Waals surface area contributed by atoms with Gasteiger partial charge >= 0.3 is 0 Å². The molecule has 1 aliphatic carbocycles. The Labute approximate surface area is 206 Å². The molecule has 8 nitrogen and oxygen atoms in total. The Kier molecular flexibility index (Phi) is 6.06. The number of halogens is 5. The first-order valence-corrected chi connectivity index (χ1v) is 12.3. The minimum atomic E-state index is -5.23. The number of nitrogens with zero attached hydrogens (tertiary/aromatic N) is 2. The predicted octanol–water partition coefficient (Wildman–Crippen LogP) is 4.51. The molecule has 2 aromatic heterocycles. The lowest BCUT2D eigenvalue weighted by Crippen LogP contribution is -2.19. The summed E-state index contributed by atoms with van der Waals surface area (Å²) in [5, 5.41) is 3.25. The van der Waals surface area contributed by atoms with E-state index in [1.165, 1.54) is 12.5 Å². The molecule has 4 aromatic rings. The van der Waals surface area contributed by atoms with E-state index in [-0.39, 0.29) is 22.4 Å². The van der Waals surface area contributed by atoms with Gasteiger partial charge in [-0.15, -0.1) is 0 Å². The molecule has 1 saturated carbocycles. The molecule has 0 atom stereocenters. The summed E-state index contributed by atoms with van der Waals surface area (Å²) >= 11 is 0. The Morgan fingerprint density at radius 2 is 1.68 bits per heavy atom. The van der Waals surface area contributed by atoms with Gasteiger partial charge in [0.05, 0.1) is 22.2 Å². The van der Waals surface area contributed by atoms with E-state index in [0.29, 0.717) is 36.7 Å². The highest BCUT2D eigenvalue weighted by molar-refractivity contribution is 7.92. The van der Waals surface area contributed by atoms with Gasteiger partial charge in [-0.3, -0.25) is 9.52 Å².